The van der Waals surface area contributed by atoms with Crippen LogP contribution in [0.1, 0.15) is 0 Å². The van der Waals surface area contributed by atoms with Crippen LogP contribution in [0.2, 0.25) is 0 Å². The lowest BCUT2D eigenvalue weighted by molar-refractivity contribution is 0.669. The maximum atomic E-state index is 6.58. The highest BCUT2D eigenvalue weighted by Gasteiger charge is 2.26. The van der Waals surface area contributed by atoms with Gasteiger partial charge < -0.3 is 8.98 Å². The predicted octanol–water partition coefficient (Wildman–Crippen LogP) is 14.7. The van der Waals surface area contributed by atoms with Crippen molar-refractivity contribution in [3.05, 3.63) is 206 Å². The summed E-state index contributed by atoms with van der Waals surface area (Å²) in [6.07, 6.45) is 0. The summed E-state index contributed by atoms with van der Waals surface area (Å²) in [5.41, 5.74) is 14.5. The molecule has 9 aromatic carbocycles. The van der Waals surface area contributed by atoms with Gasteiger partial charge in [-0.15, -0.1) is 0 Å². The molecule has 0 fully saturated rings. The van der Waals surface area contributed by atoms with Gasteiger partial charge in [0.2, 0.25) is 5.95 Å². The van der Waals surface area contributed by atoms with Crippen molar-refractivity contribution in [2.75, 3.05) is 0 Å². The highest BCUT2D eigenvalue weighted by molar-refractivity contribution is 6.29. The van der Waals surface area contributed by atoms with Crippen molar-refractivity contribution in [1.29, 1.82) is 0 Å². The topological polar surface area (TPSA) is 48.8 Å². The van der Waals surface area contributed by atoms with Crippen molar-refractivity contribution in [3.63, 3.8) is 0 Å². The first-order chi connectivity index (χ1) is 30.3. The second-order valence-electron chi connectivity index (χ2n) is 15.7. The van der Waals surface area contributed by atoms with Crippen molar-refractivity contribution in [3.8, 4) is 45.1 Å². The fourth-order valence-electron chi connectivity index (χ4n) is 9.60. The van der Waals surface area contributed by atoms with E-state index >= 15 is 0 Å². The SMILES string of the molecule is c1ccc(-c2ccc(-c3nc(-n4c5c(ccc6oc7ccccc7c65)c5ccc6c7ccccc7n(-c7cccc(-c8ccccc8)c7)c6c54)nc4ccccc34)cc2)cc1. The molecule has 0 atom stereocenters. The second-order valence-corrected chi connectivity index (χ2v) is 15.7. The van der Waals surface area contributed by atoms with Crippen molar-refractivity contribution < 1.29 is 4.42 Å². The van der Waals surface area contributed by atoms with Gasteiger partial charge in [-0.1, -0.05) is 164 Å². The minimum atomic E-state index is 0.598. The number of nitrogens with zero attached hydrogens (tertiary/aromatic N) is 4. The summed E-state index contributed by atoms with van der Waals surface area (Å²) in [5, 5.41) is 7.64. The van der Waals surface area contributed by atoms with Gasteiger partial charge in [-0.2, -0.15) is 0 Å². The Balaban J connectivity index is 1.19. The van der Waals surface area contributed by atoms with Gasteiger partial charge in [0, 0.05) is 43.6 Å². The average Bonchev–Trinajstić information content (AvgIpc) is 4.00. The molecule has 0 radical (unpaired) electrons. The summed E-state index contributed by atoms with van der Waals surface area (Å²) in [7, 11) is 0. The molecule has 4 aromatic heterocycles. The van der Waals surface area contributed by atoms with E-state index in [0.29, 0.717) is 5.95 Å². The second kappa shape index (κ2) is 13.1. The maximum Gasteiger partial charge on any atom is 0.235 e. The van der Waals surface area contributed by atoms with Gasteiger partial charge in [-0.25, -0.2) is 9.97 Å². The molecule has 13 rings (SSSR count). The van der Waals surface area contributed by atoms with Gasteiger partial charge in [0.15, 0.2) is 0 Å². The molecule has 0 aliphatic carbocycles. The molecule has 5 nitrogen and oxygen atoms in total. The van der Waals surface area contributed by atoms with Gasteiger partial charge in [0.1, 0.15) is 11.2 Å². The number of benzene rings is 9. The number of aromatic nitrogens is 4. The third-order valence-corrected chi connectivity index (χ3v) is 12.3. The first-order valence-electron chi connectivity index (χ1n) is 20.7. The van der Waals surface area contributed by atoms with Crippen LogP contribution in [0.4, 0.5) is 0 Å². The molecule has 5 heteroatoms. The Hall–Kier alpha value is -8.28. The molecule has 0 aliphatic heterocycles. The molecular weight excluding hydrogens is 745 g/mol. The lowest BCUT2D eigenvalue weighted by Gasteiger charge is -2.15. The van der Waals surface area contributed by atoms with Crippen molar-refractivity contribution >= 4 is 76.5 Å². The Morgan fingerprint density at radius 2 is 0.918 bits per heavy atom. The van der Waals surface area contributed by atoms with Crippen LogP contribution in [-0.2, 0) is 0 Å². The molecule has 0 unspecified atom stereocenters. The monoisotopic (exact) mass is 778 g/mol. The van der Waals surface area contributed by atoms with E-state index in [1.165, 1.54) is 16.5 Å². The van der Waals surface area contributed by atoms with Gasteiger partial charge in [-0.05, 0) is 64.7 Å². The third kappa shape index (κ3) is 5.08. The molecule has 284 valence electrons. The fourth-order valence-corrected chi connectivity index (χ4v) is 9.60. The van der Waals surface area contributed by atoms with Crippen LogP contribution in [-0.4, -0.2) is 19.1 Å². The Labute approximate surface area is 350 Å². The van der Waals surface area contributed by atoms with Gasteiger partial charge in [0.05, 0.1) is 38.7 Å². The average molecular weight is 779 g/mol. The van der Waals surface area contributed by atoms with Crippen LogP contribution in [0.25, 0.3) is 122 Å². The van der Waals surface area contributed by atoms with Crippen LogP contribution >= 0.6 is 0 Å². The summed E-state index contributed by atoms with van der Waals surface area (Å²) in [6.45, 7) is 0. The van der Waals surface area contributed by atoms with E-state index in [2.05, 4.69) is 203 Å². The summed E-state index contributed by atoms with van der Waals surface area (Å²) in [5.74, 6) is 0.598. The molecule has 61 heavy (non-hydrogen) atoms. The van der Waals surface area contributed by atoms with E-state index in [0.717, 1.165) is 99.1 Å². The first kappa shape index (κ1) is 33.7. The summed E-state index contributed by atoms with van der Waals surface area (Å²) in [4.78, 5) is 11.1. The standard InChI is InChI=1S/C56H34N4O/c1-3-14-35(15-4-1)37-26-28-38(29-27-37)52-45-21-7-10-23-47(45)57-56(58-52)60-53-43(32-33-50-51(53)46-22-9-12-25-49(46)61-50)44-31-30-42-41-20-8-11-24-48(41)59(54(42)55(44)60)40-19-13-18-39(34-40)36-16-5-2-6-17-36/h1-34H. The zero-order chi connectivity index (χ0) is 40.0. The number of para-hydroxylation sites is 3. The molecule has 4 heterocycles. The van der Waals surface area contributed by atoms with E-state index in [1.807, 2.05) is 12.1 Å². The van der Waals surface area contributed by atoms with E-state index in [9.17, 15) is 0 Å². The van der Waals surface area contributed by atoms with E-state index in [-0.39, 0.29) is 0 Å². The smallest absolute Gasteiger partial charge is 0.235 e. The normalized spacial score (nSPS) is 11.9. The van der Waals surface area contributed by atoms with Gasteiger partial charge in [0.25, 0.3) is 0 Å². The zero-order valence-electron chi connectivity index (χ0n) is 32.8. The largest absolute Gasteiger partial charge is 0.456 e. The number of rotatable bonds is 5. The molecule has 0 aliphatic rings. The molecule has 0 bridgehead atoms. The summed E-state index contributed by atoms with van der Waals surface area (Å²) in [6, 6.07) is 73.0. The van der Waals surface area contributed by atoms with Crippen molar-refractivity contribution in [2.24, 2.45) is 0 Å². The molecule has 0 saturated carbocycles. The molecule has 0 N–H and O–H groups in total. The quantitative estimate of drug-likeness (QED) is 0.175. The first-order valence-corrected chi connectivity index (χ1v) is 20.7. The molecule has 0 saturated heterocycles. The number of fused-ring (bicyclic) bond motifs is 12. The number of hydrogen-bond acceptors (Lipinski definition) is 3. The molecule has 0 spiro atoms. The lowest BCUT2D eigenvalue weighted by Crippen LogP contribution is -2.05. The van der Waals surface area contributed by atoms with Crippen molar-refractivity contribution in [2.45, 2.75) is 0 Å². The maximum absolute atomic E-state index is 6.58. The van der Waals surface area contributed by atoms with E-state index in [4.69, 9.17) is 14.4 Å². The fraction of sp³-hybridized carbons (Fsp3) is 0. The molecule has 0 amide bonds. The van der Waals surface area contributed by atoms with Crippen LogP contribution in [0.15, 0.2) is 211 Å². The van der Waals surface area contributed by atoms with Crippen molar-refractivity contribution in [1.82, 2.24) is 19.1 Å². The van der Waals surface area contributed by atoms with Gasteiger partial charge >= 0.3 is 0 Å². The van der Waals surface area contributed by atoms with Crippen LogP contribution < -0.4 is 0 Å². The van der Waals surface area contributed by atoms with Gasteiger partial charge in [-0.3, -0.25) is 4.57 Å². The van der Waals surface area contributed by atoms with E-state index < -0.39 is 0 Å². The Bertz CT molecular complexity index is 3860. The third-order valence-electron chi connectivity index (χ3n) is 12.3. The minimum Gasteiger partial charge on any atom is -0.456 e. The zero-order valence-corrected chi connectivity index (χ0v) is 32.8. The van der Waals surface area contributed by atoms with Crippen LogP contribution in [0.3, 0.4) is 0 Å². The van der Waals surface area contributed by atoms with E-state index in [1.54, 1.807) is 0 Å². The summed E-state index contributed by atoms with van der Waals surface area (Å²) < 4.78 is 11.3. The van der Waals surface area contributed by atoms with Crippen LogP contribution in [0, 0.1) is 0 Å². The Morgan fingerprint density at radius 1 is 0.344 bits per heavy atom. The lowest BCUT2D eigenvalue weighted by atomic mass is 10.0. The Kier molecular flexibility index (Phi) is 7.24. The minimum absolute atomic E-state index is 0.598. The number of furan rings is 1. The highest BCUT2D eigenvalue weighted by atomic mass is 16.3. The number of hydrogen-bond donors (Lipinski definition) is 0. The predicted molar refractivity (Wildman–Crippen MR) is 252 cm³/mol. The molecular formula is C56H34N4O. The highest BCUT2D eigenvalue weighted by Crippen LogP contribution is 2.45. The Morgan fingerprint density at radius 3 is 1.72 bits per heavy atom. The van der Waals surface area contributed by atoms with Crippen LogP contribution in [0.5, 0.6) is 0 Å². The summed E-state index contributed by atoms with van der Waals surface area (Å²) >= 11 is 0. The molecule has 13 aromatic rings.